The number of aliphatic hydroxyl groups is 1. The minimum Gasteiger partial charge on any atom is -0.387 e. The monoisotopic (exact) mass is 357 g/mol. The maximum Gasteiger partial charge on any atom is 0.193 e. The fraction of sp³-hybridized carbons (Fsp3) is 0.562. The molecule has 1 aliphatic rings. The van der Waals surface area contributed by atoms with Crippen molar-refractivity contribution in [3.05, 3.63) is 35.6 Å². The molecule has 1 aliphatic heterocycles. The van der Waals surface area contributed by atoms with Crippen molar-refractivity contribution < 1.29 is 17.9 Å². The first-order valence-electron chi connectivity index (χ1n) is 7.78. The van der Waals surface area contributed by atoms with Gasteiger partial charge in [-0.2, -0.15) is 0 Å². The lowest BCUT2D eigenvalue weighted by Gasteiger charge is -2.39. The molecule has 0 bridgehead atoms. The van der Waals surface area contributed by atoms with Gasteiger partial charge >= 0.3 is 0 Å². The number of nitrogens with zero attached hydrogens (tertiary/aromatic N) is 2. The van der Waals surface area contributed by atoms with Crippen LogP contribution in [0, 0.1) is 5.82 Å². The highest BCUT2D eigenvalue weighted by Gasteiger charge is 2.40. The summed E-state index contributed by atoms with van der Waals surface area (Å²) in [5.41, 5.74) is 0.472. The predicted molar refractivity (Wildman–Crippen MR) is 92.2 cm³/mol. The fourth-order valence-electron chi connectivity index (χ4n) is 2.68. The lowest BCUT2D eigenvalue weighted by molar-refractivity contribution is 0.178. The molecular weight excluding hydrogens is 333 g/mol. The summed E-state index contributed by atoms with van der Waals surface area (Å²) in [6.45, 7) is 4.22. The highest BCUT2D eigenvalue weighted by Crippen LogP contribution is 2.23. The van der Waals surface area contributed by atoms with Gasteiger partial charge in [0.2, 0.25) is 0 Å². The van der Waals surface area contributed by atoms with Crippen LogP contribution < -0.4 is 5.32 Å². The first kappa shape index (κ1) is 18.7. The zero-order chi connectivity index (χ0) is 18.0. The van der Waals surface area contributed by atoms with Crippen LogP contribution in [-0.4, -0.2) is 61.6 Å². The number of benzene rings is 1. The van der Waals surface area contributed by atoms with Gasteiger partial charge in [0.15, 0.2) is 15.8 Å². The molecule has 0 saturated carbocycles. The minimum absolute atomic E-state index is 0.0626. The van der Waals surface area contributed by atoms with Crippen molar-refractivity contribution in [1.82, 2.24) is 10.2 Å². The number of aliphatic imine (C=N–C) groups is 1. The van der Waals surface area contributed by atoms with Crippen LogP contribution in [0.1, 0.15) is 25.5 Å². The van der Waals surface area contributed by atoms with Gasteiger partial charge in [-0.25, -0.2) is 12.8 Å². The molecule has 1 fully saturated rings. The molecule has 6 nitrogen and oxygen atoms in total. The third-order valence-electron chi connectivity index (χ3n) is 4.24. The molecule has 1 atom stereocenters. The number of rotatable bonds is 3. The molecule has 0 amide bonds. The van der Waals surface area contributed by atoms with E-state index in [1.54, 1.807) is 33.0 Å². The van der Waals surface area contributed by atoms with Crippen LogP contribution in [0.2, 0.25) is 0 Å². The summed E-state index contributed by atoms with van der Waals surface area (Å²) < 4.78 is 36.5. The van der Waals surface area contributed by atoms with Crippen molar-refractivity contribution in [2.24, 2.45) is 4.99 Å². The van der Waals surface area contributed by atoms with Crippen molar-refractivity contribution in [3.8, 4) is 0 Å². The van der Waals surface area contributed by atoms with E-state index < -0.39 is 26.5 Å². The molecule has 1 heterocycles. The van der Waals surface area contributed by atoms with E-state index >= 15 is 0 Å². The van der Waals surface area contributed by atoms with Crippen LogP contribution >= 0.6 is 0 Å². The Balaban J connectivity index is 2.01. The number of hydrogen-bond donors (Lipinski definition) is 2. The van der Waals surface area contributed by atoms with Crippen LogP contribution in [0.25, 0.3) is 0 Å². The molecule has 1 aromatic carbocycles. The summed E-state index contributed by atoms with van der Waals surface area (Å²) in [5.74, 6) is 0.181. The summed E-state index contributed by atoms with van der Waals surface area (Å²) in [4.78, 5) is 6.02. The molecule has 1 aromatic rings. The molecule has 134 valence electrons. The fourth-order valence-corrected chi connectivity index (χ4v) is 4.04. The highest BCUT2D eigenvalue weighted by atomic mass is 32.2. The van der Waals surface area contributed by atoms with Crippen LogP contribution in [0.3, 0.4) is 0 Å². The third kappa shape index (κ3) is 4.05. The van der Waals surface area contributed by atoms with Gasteiger partial charge in [-0.1, -0.05) is 12.1 Å². The molecule has 1 saturated heterocycles. The maximum atomic E-state index is 13.2. The summed E-state index contributed by atoms with van der Waals surface area (Å²) in [6, 6.07) is 5.79. The number of hydrogen-bond acceptors (Lipinski definition) is 4. The van der Waals surface area contributed by atoms with Crippen LogP contribution in [0.5, 0.6) is 0 Å². The Hall–Kier alpha value is -1.67. The Kier molecular flexibility index (Phi) is 5.49. The molecule has 8 heteroatoms. The Morgan fingerprint density at radius 3 is 2.79 bits per heavy atom. The summed E-state index contributed by atoms with van der Waals surface area (Å²) in [7, 11) is -1.53. The van der Waals surface area contributed by atoms with Crippen LogP contribution in [0.15, 0.2) is 29.3 Å². The first-order chi connectivity index (χ1) is 11.2. The topological polar surface area (TPSA) is 82.0 Å². The van der Waals surface area contributed by atoms with E-state index in [9.17, 15) is 17.9 Å². The lowest BCUT2D eigenvalue weighted by Crippen LogP contribution is -2.57. The van der Waals surface area contributed by atoms with Gasteiger partial charge in [-0.05, 0) is 31.5 Å². The number of guanidine groups is 1. The standard InChI is InChI=1S/C16H24FN3O3S/c1-16(2)11-20(7-8-24(16,22)23)15(18-3)19-10-14(21)12-5-4-6-13(17)9-12/h4-6,9,14,21H,7-8,10-11H2,1-3H3,(H,18,19). The molecule has 24 heavy (non-hydrogen) atoms. The van der Waals surface area contributed by atoms with Gasteiger partial charge in [-0.3, -0.25) is 4.99 Å². The van der Waals surface area contributed by atoms with E-state index in [2.05, 4.69) is 10.3 Å². The number of aliphatic hydroxyl groups excluding tert-OH is 1. The molecule has 0 aromatic heterocycles. The van der Waals surface area contributed by atoms with Gasteiger partial charge < -0.3 is 15.3 Å². The first-order valence-corrected chi connectivity index (χ1v) is 9.43. The Morgan fingerprint density at radius 1 is 1.50 bits per heavy atom. The quantitative estimate of drug-likeness (QED) is 0.622. The molecule has 1 unspecified atom stereocenters. The average molecular weight is 357 g/mol. The zero-order valence-corrected chi connectivity index (χ0v) is 15.0. The summed E-state index contributed by atoms with van der Waals surface area (Å²) in [5, 5.41) is 13.2. The number of halogens is 1. The smallest absolute Gasteiger partial charge is 0.193 e. The van der Waals surface area contributed by atoms with Crippen molar-refractivity contribution in [2.45, 2.75) is 24.7 Å². The maximum absolute atomic E-state index is 13.2. The van der Waals surface area contributed by atoms with E-state index in [1.165, 1.54) is 12.1 Å². The highest BCUT2D eigenvalue weighted by molar-refractivity contribution is 7.92. The van der Waals surface area contributed by atoms with Gasteiger partial charge in [0.25, 0.3) is 0 Å². The molecule has 2 rings (SSSR count). The van der Waals surface area contributed by atoms with Crippen molar-refractivity contribution in [2.75, 3.05) is 32.4 Å². The van der Waals surface area contributed by atoms with Gasteiger partial charge in [-0.15, -0.1) is 0 Å². The number of sulfone groups is 1. The Labute approximate surface area is 142 Å². The Morgan fingerprint density at radius 2 is 2.21 bits per heavy atom. The summed E-state index contributed by atoms with van der Waals surface area (Å²) in [6.07, 6.45) is -0.890. The second kappa shape index (κ2) is 7.06. The van der Waals surface area contributed by atoms with Crippen molar-refractivity contribution in [1.29, 1.82) is 0 Å². The molecular formula is C16H24FN3O3S. The van der Waals surface area contributed by atoms with E-state index in [4.69, 9.17) is 0 Å². The second-order valence-electron chi connectivity index (χ2n) is 6.50. The predicted octanol–water partition coefficient (Wildman–Crippen LogP) is 0.944. The van der Waals surface area contributed by atoms with Crippen LogP contribution in [0.4, 0.5) is 4.39 Å². The van der Waals surface area contributed by atoms with Crippen molar-refractivity contribution in [3.63, 3.8) is 0 Å². The largest absolute Gasteiger partial charge is 0.387 e. The van der Waals surface area contributed by atoms with Gasteiger partial charge in [0, 0.05) is 26.7 Å². The molecule has 0 spiro atoms. The molecule has 2 N–H and O–H groups in total. The average Bonchev–Trinajstić information content (AvgIpc) is 2.51. The number of nitrogens with one attached hydrogen (secondary N) is 1. The Bertz CT molecular complexity index is 719. The molecule has 0 aliphatic carbocycles. The molecule has 0 radical (unpaired) electrons. The SMILES string of the molecule is CN=C(NCC(O)c1cccc(F)c1)N1CCS(=O)(=O)C(C)(C)C1. The second-order valence-corrected chi connectivity index (χ2v) is 9.24. The van der Waals surface area contributed by atoms with Crippen molar-refractivity contribution >= 4 is 15.8 Å². The van der Waals surface area contributed by atoms with E-state index in [1.807, 2.05) is 4.90 Å². The van der Waals surface area contributed by atoms with Gasteiger partial charge in [0.05, 0.1) is 16.6 Å². The van der Waals surface area contributed by atoms with E-state index in [-0.39, 0.29) is 12.3 Å². The third-order valence-corrected chi connectivity index (χ3v) is 6.77. The van der Waals surface area contributed by atoms with E-state index in [0.717, 1.165) is 0 Å². The van der Waals surface area contributed by atoms with Gasteiger partial charge in [0.1, 0.15) is 5.82 Å². The minimum atomic E-state index is -3.13. The summed E-state index contributed by atoms with van der Waals surface area (Å²) >= 11 is 0. The zero-order valence-electron chi connectivity index (χ0n) is 14.2. The normalized spacial score (nSPS) is 21.4. The van der Waals surface area contributed by atoms with E-state index in [0.29, 0.717) is 24.6 Å². The van der Waals surface area contributed by atoms with Crippen LogP contribution in [-0.2, 0) is 9.84 Å². The lowest BCUT2D eigenvalue weighted by atomic mass is 10.1.